The van der Waals surface area contributed by atoms with E-state index in [2.05, 4.69) is 88.4 Å². The van der Waals surface area contributed by atoms with Crippen molar-refractivity contribution in [1.82, 2.24) is 0 Å². The maximum absolute atomic E-state index is 6.80. The van der Waals surface area contributed by atoms with Gasteiger partial charge in [-0.05, 0) is 28.3 Å². The van der Waals surface area contributed by atoms with Crippen LogP contribution in [-0.2, 0) is 4.43 Å². The molecule has 0 aliphatic heterocycles. The molecule has 0 saturated carbocycles. The molecule has 0 aliphatic carbocycles. The van der Waals surface area contributed by atoms with Gasteiger partial charge in [-0.1, -0.05) is 88.4 Å². The van der Waals surface area contributed by atoms with Crippen molar-refractivity contribution >= 4 is 18.7 Å². The van der Waals surface area contributed by atoms with E-state index >= 15 is 0 Å². The highest BCUT2D eigenvalue weighted by Crippen LogP contribution is 2.36. The first-order chi connectivity index (χ1) is 11.4. The van der Waals surface area contributed by atoms with Crippen molar-refractivity contribution in [2.75, 3.05) is 6.61 Å². The highest BCUT2D eigenvalue weighted by Gasteiger charge is 2.49. The lowest BCUT2D eigenvalue weighted by Crippen LogP contribution is -2.66. The molecule has 0 aromatic heterocycles. The molecule has 2 N–H and O–H groups in total. The predicted octanol–water partition coefficient (Wildman–Crippen LogP) is 3.69. The first-order valence-electron chi connectivity index (χ1n) is 8.92. The van der Waals surface area contributed by atoms with E-state index in [1.54, 1.807) is 0 Å². The summed E-state index contributed by atoms with van der Waals surface area (Å²) in [7, 11) is -2.38. The van der Waals surface area contributed by atoms with E-state index in [9.17, 15) is 0 Å². The van der Waals surface area contributed by atoms with Crippen LogP contribution in [0.2, 0.25) is 5.04 Å². The van der Waals surface area contributed by atoms with Gasteiger partial charge in [-0.15, -0.1) is 0 Å². The summed E-state index contributed by atoms with van der Waals surface area (Å²) < 4.78 is 6.80. The maximum Gasteiger partial charge on any atom is 0.261 e. The fraction of sp³-hybridized carbons (Fsp3) is 0.429. The Morgan fingerprint density at radius 2 is 1.38 bits per heavy atom. The highest BCUT2D eigenvalue weighted by molar-refractivity contribution is 6.99. The second-order valence-corrected chi connectivity index (χ2v) is 11.8. The lowest BCUT2D eigenvalue weighted by Gasteiger charge is -2.43. The Kier molecular flexibility index (Phi) is 6.38. The molecule has 24 heavy (non-hydrogen) atoms. The SMILES string of the molecule is CCC(N)CCO[Si](c1ccccc1)(c1ccccc1)C(C)(C)C. The van der Waals surface area contributed by atoms with E-state index in [-0.39, 0.29) is 11.1 Å². The molecular weight excluding hydrogens is 310 g/mol. The van der Waals surface area contributed by atoms with Crippen LogP contribution >= 0.6 is 0 Å². The fourth-order valence-electron chi connectivity index (χ4n) is 3.33. The number of hydrogen-bond acceptors (Lipinski definition) is 2. The van der Waals surface area contributed by atoms with Crippen molar-refractivity contribution < 1.29 is 4.43 Å². The first-order valence-corrected chi connectivity index (χ1v) is 10.8. The molecule has 1 unspecified atom stereocenters. The van der Waals surface area contributed by atoms with E-state index < -0.39 is 8.32 Å². The molecule has 0 aliphatic rings. The normalized spacial score (nSPS) is 13.7. The van der Waals surface area contributed by atoms with Crippen molar-refractivity contribution in [3.05, 3.63) is 60.7 Å². The van der Waals surface area contributed by atoms with E-state index in [4.69, 9.17) is 10.2 Å². The minimum atomic E-state index is -2.38. The molecule has 1 atom stereocenters. The molecule has 0 radical (unpaired) electrons. The molecule has 0 amide bonds. The van der Waals surface area contributed by atoms with Crippen LogP contribution in [0.15, 0.2) is 60.7 Å². The fourth-order valence-corrected chi connectivity index (χ4v) is 7.91. The summed E-state index contributed by atoms with van der Waals surface area (Å²) in [4.78, 5) is 0. The van der Waals surface area contributed by atoms with Crippen molar-refractivity contribution in [2.24, 2.45) is 5.73 Å². The topological polar surface area (TPSA) is 35.2 Å². The van der Waals surface area contributed by atoms with Crippen molar-refractivity contribution in [3.63, 3.8) is 0 Å². The Labute approximate surface area is 148 Å². The molecule has 0 bridgehead atoms. The minimum absolute atomic E-state index is 0.0337. The van der Waals surface area contributed by atoms with Crippen LogP contribution in [0.25, 0.3) is 0 Å². The summed E-state index contributed by atoms with van der Waals surface area (Å²) in [6.45, 7) is 9.76. The minimum Gasteiger partial charge on any atom is -0.407 e. The molecule has 0 spiro atoms. The van der Waals surface area contributed by atoms with Gasteiger partial charge in [0.15, 0.2) is 0 Å². The van der Waals surface area contributed by atoms with E-state index in [1.165, 1.54) is 10.4 Å². The van der Waals surface area contributed by atoms with Crippen molar-refractivity contribution in [1.29, 1.82) is 0 Å². The quantitative estimate of drug-likeness (QED) is 0.780. The largest absolute Gasteiger partial charge is 0.407 e. The second kappa shape index (κ2) is 8.10. The van der Waals surface area contributed by atoms with Gasteiger partial charge in [-0.25, -0.2) is 0 Å². The lowest BCUT2D eigenvalue weighted by molar-refractivity contribution is 0.279. The van der Waals surface area contributed by atoms with Gasteiger partial charge in [0.1, 0.15) is 0 Å². The third-order valence-corrected chi connectivity index (χ3v) is 9.79. The Morgan fingerprint density at radius 1 is 0.917 bits per heavy atom. The van der Waals surface area contributed by atoms with Crippen LogP contribution in [0.3, 0.4) is 0 Å². The van der Waals surface area contributed by atoms with E-state index in [0.717, 1.165) is 12.8 Å². The summed E-state index contributed by atoms with van der Waals surface area (Å²) >= 11 is 0. The predicted molar refractivity (Wildman–Crippen MR) is 106 cm³/mol. The molecule has 0 fully saturated rings. The zero-order chi connectivity index (χ0) is 17.6. The number of nitrogens with two attached hydrogens (primary N) is 1. The van der Waals surface area contributed by atoms with Crippen molar-refractivity contribution in [3.8, 4) is 0 Å². The van der Waals surface area contributed by atoms with Crippen LogP contribution in [-0.4, -0.2) is 21.0 Å². The summed E-state index contributed by atoms with van der Waals surface area (Å²) in [5.41, 5.74) is 6.12. The van der Waals surface area contributed by atoms with Gasteiger partial charge >= 0.3 is 0 Å². The standard InChI is InChI=1S/C21H31NOSi/c1-5-18(22)16-17-23-24(21(2,3)4,19-12-8-6-9-13-19)20-14-10-7-11-15-20/h6-15,18H,5,16-17,22H2,1-4H3. The zero-order valence-corrected chi connectivity index (χ0v) is 16.5. The molecule has 130 valence electrons. The molecule has 0 saturated heterocycles. The monoisotopic (exact) mass is 341 g/mol. The first kappa shape index (κ1) is 18.9. The summed E-state index contributed by atoms with van der Waals surface area (Å²) in [6.07, 6.45) is 1.89. The molecular formula is C21H31NOSi. The van der Waals surface area contributed by atoms with Crippen LogP contribution in [0, 0.1) is 0 Å². The number of benzene rings is 2. The molecule has 2 rings (SSSR count). The Hall–Kier alpha value is -1.42. The Morgan fingerprint density at radius 3 is 1.75 bits per heavy atom. The van der Waals surface area contributed by atoms with Gasteiger partial charge in [0.2, 0.25) is 0 Å². The van der Waals surface area contributed by atoms with Gasteiger partial charge in [0.25, 0.3) is 8.32 Å². The smallest absolute Gasteiger partial charge is 0.261 e. The van der Waals surface area contributed by atoms with Gasteiger partial charge in [0.05, 0.1) is 0 Å². The van der Waals surface area contributed by atoms with E-state index in [1.807, 2.05) is 0 Å². The second-order valence-electron chi connectivity index (χ2n) is 7.47. The number of rotatable bonds is 7. The summed E-state index contributed by atoms with van der Waals surface area (Å²) in [6, 6.07) is 21.7. The third kappa shape index (κ3) is 3.97. The average Bonchev–Trinajstić information content (AvgIpc) is 2.59. The highest BCUT2D eigenvalue weighted by atomic mass is 28.4. The Bertz CT molecular complexity index is 567. The number of hydrogen-bond donors (Lipinski definition) is 1. The molecule has 2 aromatic carbocycles. The van der Waals surface area contributed by atoms with Crippen LogP contribution in [0.1, 0.15) is 40.5 Å². The molecule has 0 heterocycles. The van der Waals surface area contributed by atoms with Crippen LogP contribution < -0.4 is 16.1 Å². The van der Waals surface area contributed by atoms with Crippen LogP contribution in [0.4, 0.5) is 0 Å². The summed E-state index contributed by atoms with van der Waals surface area (Å²) in [5.74, 6) is 0. The van der Waals surface area contributed by atoms with Gasteiger partial charge < -0.3 is 10.2 Å². The molecule has 2 nitrogen and oxygen atoms in total. The maximum atomic E-state index is 6.80. The molecule has 3 heteroatoms. The van der Waals surface area contributed by atoms with Crippen molar-refractivity contribution in [2.45, 2.75) is 51.6 Å². The third-order valence-electron chi connectivity index (χ3n) is 4.75. The Balaban J connectivity index is 2.49. The van der Waals surface area contributed by atoms with Crippen LogP contribution in [0.5, 0.6) is 0 Å². The lowest BCUT2D eigenvalue weighted by atomic mass is 10.2. The molecule has 2 aromatic rings. The van der Waals surface area contributed by atoms with Gasteiger partial charge in [0, 0.05) is 12.6 Å². The summed E-state index contributed by atoms with van der Waals surface area (Å²) in [5, 5.41) is 2.69. The van der Waals surface area contributed by atoms with E-state index in [0.29, 0.717) is 6.61 Å². The van der Waals surface area contributed by atoms with Gasteiger partial charge in [-0.3, -0.25) is 0 Å². The van der Waals surface area contributed by atoms with Gasteiger partial charge in [-0.2, -0.15) is 0 Å². The zero-order valence-electron chi connectivity index (χ0n) is 15.5. The average molecular weight is 342 g/mol.